The first-order chi connectivity index (χ1) is 8.74. The van der Waals surface area contributed by atoms with Gasteiger partial charge in [-0.15, -0.1) is 11.3 Å². The van der Waals surface area contributed by atoms with Crippen LogP contribution >= 0.6 is 11.3 Å². The molecule has 0 spiro atoms. The van der Waals surface area contributed by atoms with Crippen molar-refractivity contribution in [2.24, 2.45) is 0 Å². The van der Waals surface area contributed by atoms with E-state index in [9.17, 15) is 0 Å². The first-order valence-corrected chi connectivity index (χ1v) is 6.57. The minimum atomic E-state index is 0.641. The summed E-state index contributed by atoms with van der Waals surface area (Å²) in [5, 5.41) is 3.09. The first-order valence-electron chi connectivity index (χ1n) is 5.69. The van der Waals surface area contributed by atoms with Gasteiger partial charge in [-0.05, 0) is 36.9 Å². The Bertz CT molecular complexity index is 692. The van der Waals surface area contributed by atoms with E-state index >= 15 is 0 Å². The van der Waals surface area contributed by atoms with Crippen LogP contribution in [-0.4, -0.2) is 9.97 Å². The second-order valence-electron chi connectivity index (χ2n) is 4.09. The lowest BCUT2D eigenvalue weighted by atomic mass is 10.2. The van der Waals surface area contributed by atoms with E-state index in [0.29, 0.717) is 5.88 Å². The highest BCUT2D eigenvalue weighted by molar-refractivity contribution is 7.17. The summed E-state index contributed by atoms with van der Waals surface area (Å²) in [4.78, 5) is 9.81. The molecule has 0 aliphatic carbocycles. The number of rotatable bonds is 2. The highest BCUT2D eigenvalue weighted by Crippen LogP contribution is 2.33. The van der Waals surface area contributed by atoms with E-state index in [4.69, 9.17) is 4.74 Å². The number of hydrogen-bond donors (Lipinski definition) is 0. The highest BCUT2D eigenvalue weighted by atomic mass is 32.1. The predicted molar refractivity (Wildman–Crippen MR) is 73.4 cm³/mol. The summed E-state index contributed by atoms with van der Waals surface area (Å²) in [5.41, 5.74) is 1.15. The molecule has 0 fully saturated rings. The molecule has 0 amide bonds. The zero-order chi connectivity index (χ0) is 12.5. The molecular weight excluding hydrogens is 244 g/mol. The number of nitrogens with zero attached hydrogens (tertiary/aromatic N) is 2. The van der Waals surface area contributed by atoms with Crippen molar-refractivity contribution in [3.63, 3.8) is 0 Å². The number of aromatic nitrogens is 2. The van der Waals surface area contributed by atoms with Crippen LogP contribution in [0.2, 0.25) is 0 Å². The minimum Gasteiger partial charge on any atom is -0.438 e. The lowest BCUT2D eigenvalue weighted by Crippen LogP contribution is -1.94. The number of fused-ring (bicyclic) bond motifs is 1. The third kappa shape index (κ3) is 1.95. The molecule has 0 aliphatic rings. The molecule has 4 heteroatoms. The van der Waals surface area contributed by atoms with Gasteiger partial charge < -0.3 is 4.74 Å². The van der Waals surface area contributed by atoms with Crippen LogP contribution in [0.3, 0.4) is 0 Å². The van der Waals surface area contributed by atoms with Crippen molar-refractivity contribution >= 4 is 21.6 Å². The van der Waals surface area contributed by atoms with Crippen LogP contribution in [0.25, 0.3) is 10.2 Å². The zero-order valence-electron chi connectivity index (χ0n) is 10.2. The van der Waals surface area contributed by atoms with Crippen LogP contribution < -0.4 is 4.74 Å². The molecule has 2 heterocycles. The van der Waals surface area contributed by atoms with Crippen molar-refractivity contribution in [2.75, 3.05) is 0 Å². The van der Waals surface area contributed by atoms with Crippen molar-refractivity contribution in [1.29, 1.82) is 0 Å². The predicted octanol–water partition coefficient (Wildman–Crippen LogP) is 4.10. The Morgan fingerprint density at radius 3 is 2.61 bits per heavy atom. The number of benzene rings is 1. The van der Waals surface area contributed by atoms with Crippen LogP contribution in [0.5, 0.6) is 11.6 Å². The molecule has 0 radical (unpaired) electrons. The smallest absolute Gasteiger partial charge is 0.231 e. The third-order valence-electron chi connectivity index (χ3n) is 2.65. The Kier molecular flexibility index (Phi) is 2.72. The van der Waals surface area contributed by atoms with Gasteiger partial charge in [0.1, 0.15) is 16.4 Å². The van der Waals surface area contributed by atoms with Gasteiger partial charge in [0.05, 0.1) is 5.39 Å². The van der Waals surface area contributed by atoms with Gasteiger partial charge >= 0.3 is 0 Å². The van der Waals surface area contributed by atoms with E-state index in [1.807, 2.05) is 37.3 Å². The lowest BCUT2D eigenvalue weighted by molar-refractivity contribution is 0.466. The van der Waals surface area contributed by atoms with Crippen molar-refractivity contribution in [1.82, 2.24) is 9.97 Å². The maximum Gasteiger partial charge on any atom is 0.231 e. The van der Waals surface area contributed by atoms with E-state index in [2.05, 4.69) is 22.3 Å². The number of hydrogen-bond acceptors (Lipinski definition) is 4. The van der Waals surface area contributed by atoms with E-state index in [0.717, 1.165) is 27.4 Å². The fourth-order valence-corrected chi connectivity index (χ4v) is 2.78. The second-order valence-corrected chi connectivity index (χ2v) is 4.95. The summed E-state index contributed by atoms with van der Waals surface area (Å²) >= 11 is 1.62. The molecule has 0 N–H and O–H groups in total. The molecule has 0 aliphatic heterocycles. The maximum atomic E-state index is 5.87. The molecule has 0 unspecified atom stereocenters. The molecule has 3 aromatic rings. The van der Waals surface area contributed by atoms with Crippen LogP contribution in [-0.2, 0) is 0 Å². The minimum absolute atomic E-state index is 0.641. The summed E-state index contributed by atoms with van der Waals surface area (Å²) < 4.78 is 5.87. The van der Waals surface area contributed by atoms with E-state index in [-0.39, 0.29) is 0 Å². The van der Waals surface area contributed by atoms with Gasteiger partial charge in [0.25, 0.3) is 0 Å². The Balaban J connectivity index is 2.13. The average Bonchev–Trinajstić information content (AvgIpc) is 2.72. The van der Waals surface area contributed by atoms with Crippen molar-refractivity contribution in [2.45, 2.75) is 13.8 Å². The third-order valence-corrected chi connectivity index (χ3v) is 3.64. The quantitative estimate of drug-likeness (QED) is 0.692. The maximum absolute atomic E-state index is 5.87. The second kappa shape index (κ2) is 4.38. The highest BCUT2D eigenvalue weighted by Gasteiger charge is 2.12. The molecule has 0 bridgehead atoms. The van der Waals surface area contributed by atoms with E-state index in [1.54, 1.807) is 11.3 Å². The first kappa shape index (κ1) is 11.2. The zero-order valence-corrected chi connectivity index (χ0v) is 11.0. The molecule has 0 saturated carbocycles. The Labute approximate surface area is 109 Å². The summed E-state index contributed by atoms with van der Waals surface area (Å²) in [5.74, 6) is 2.17. The fraction of sp³-hybridized carbons (Fsp3) is 0.143. The molecule has 3 rings (SSSR count). The topological polar surface area (TPSA) is 35.0 Å². The molecule has 0 saturated heterocycles. The van der Waals surface area contributed by atoms with Gasteiger partial charge in [0.2, 0.25) is 5.88 Å². The molecule has 1 aromatic carbocycles. The number of aryl methyl sites for hydroxylation is 2. The Morgan fingerprint density at radius 1 is 1.06 bits per heavy atom. The SMILES string of the molecule is Cc1nc(Oc2ccccc2)c2c(C)csc2n1. The standard InChI is InChI=1S/C14H12N2OS/c1-9-8-18-14-12(9)13(15-10(2)16-14)17-11-6-4-3-5-7-11/h3-8H,1-2H3. The van der Waals surface area contributed by atoms with Gasteiger partial charge in [-0.2, -0.15) is 4.98 Å². The number of para-hydroxylation sites is 1. The lowest BCUT2D eigenvalue weighted by Gasteiger charge is -2.07. The normalized spacial score (nSPS) is 10.8. The summed E-state index contributed by atoms with van der Waals surface area (Å²) in [6.45, 7) is 3.93. The van der Waals surface area contributed by atoms with Crippen LogP contribution in [0.15, 0.2) is 35.7 Å². The summed E-state index contributed by atoms with van der Waals surface area (Å²) in [6, 6.07) is 9.70. The molecule has 2 aromatic heterocycles. The fourth-order valence-electron chi connectivity index (χ4n) is 1.82. The largest absolute Gasteiger partial charge is 0.438 e. The van der Waals surface area contributed by atoms with E-state index in [1.165, 1.54) is 0 Å². The van der Waals surface area contributed by atoms with Crippen molar-refractivity contribution in [3.8, 4) is 11.6 Å². The molecule has 3 nitrogen and oxygen atoms in total. The summed E-state index contributed by atoms with van der Waals surface area (Å²) in [6.07, 6.45) is 0. The monoisotopic (exact) mass is 256 g/mol. The Hall–Kier alpha value is -1.94. The van der Waals surface area contributed by atoms with Crippen molar-refractivity contribution in [3.05, 3.63) is 47.1 Å². The van der Waals surface area contributed by atoms with Crippen molar-refractivity contribution < 1.29 is 4.74 Å². The summed E-state index contributed by atoms with van der Waals surface area (Å²) in [7, 11) is 0. The van der Waals surface area contributed by atoms with Crippen LogP contribution in [0, 0.1) is 13.8 Å². The average molecular weight is 256 g/mol. The van der Waals surface area contributed by atoms with Crippen LogP contribution in [0.4, 0.5) is 0 Å². The molecule has 0 atom stereocenters. The molecule has 18 heavy (non-hydrogen) atoms. The Morgan fingerprint density at radius 2 is 1.83 bits per heavy atom. The van der Waals surface area contributed by atoms with Gasteiger partial charge in [-0.3, -0.25) is 0 Å². The number of ether oxygens (including phenoxy) is 1. The van der Waals surface area contributed by atoms with E-state index < -0.39 is 0 Å². The van der Waals surface area contributed by atoms with Gasteiger partial charge in [-0.25, -0.2) is 4.98 Å². The number of thiophene rings is 1. The van der Waals surface area contributed by atoms with Gasteiger partial charge in [0.15, 0.2) is 0 Å². The van der Waals surface area contributed by atoms with Gasteiger partial charge in [-0.1, -0.05) is 18.2 Å². The molecular formula is C14H12N2OS. The van der Waals surface area contributed by atoms with Gasteiger partial charge in [0, 0.05) is 0 Å². The van der Waals surface area contributed by atoms with Crippen LogP contribution in [0.1, 0.15) is 11.4 Å². The molecule has 90 valence electrons.